The smallest absolute Gasteiger partial charge is 0.171 e. The van der Waals surface area contributed by atoms with Gasteiger partial charge in [0.05, 0.1) is 0 Å². The number of aliphatic hydroxyl groups excluding tert-OH is 1. The molecule has 0 fully saturated rings. The number of hydrogen-bond acceptors (Lipinski definition) is 4. The van der Waals surface area contributed by atoms with Gasteiger partial charge in [0, 0.05) is 22.8 Å². The minimum absolute atomic E-state index is 0.111. The average Bonchev–Trinajstić information content (AvgIpc) is 2.35. The van der Waals surface area contributed by atoms with Crippen molar-refractivity contribution in [3.8, 4) is 0 Å². The number of nitrogens with two attached hydrogens (primary N) is 1. The Morgan fingerprint density at radius 3 is 2.81 bits per heavy atom. The van der Waals surface area contributed by atoms with Crippen LogP contribution in [0, 0.1) is 5.92 Å². The summed E-state index contributed by atoms with van der Waals surface area (Å²) in [6, 6.07) is 7.47. The van der Waals surface area contributed by atoms with E-state index in [0.717, 1.165) is 16.2 Å². The third-order valence-corrected chi connectivity index (χ3v) is 3.51. The molecule has 0 saturated heterocycles. The molecular formula is C11H16N2O2S. The Hall–Kier alpha value is -1.20. The lowest BCUT2D eigenvalue weighted by Gasteiger charge is -2.10. The predicted octanol–water partition coefficient (Wildman–Crippen LogP) is 1.50. The van der Waals surface area contributed by atoms with Crippen LogP contribution >= 0.6 is 11.8 Å². The van der Waals surface area contributed by atoms with E-state index >= 15 is 0 Å². The monoisotopic (exact) mass is 240 g/mol. The molecule has 4 nitrogen and oxygen atoms in total. The molecule has 0 aliphatic heterocycles. The number of hydrogen-bond donors (Lipinski definition) is 3. The standard InChI is InChI=1S/C11H16N2O2S/c1-8(6-14)7-16-10-5-3-2-4-9(10)11(12)13-15/h2-5,8,14-15H,6-7H2,1H3,(H2,12,13). The molecule has 4 N–H and O–H groups in total. The van der Waals surface area contributed by atoms with Gasteiger partial charge in [0.25, 0.3) is 0 Å². The maximum Gasteiger partial charge on any atom is 0.171 e. The highest BCUT2D eigenvalue weighted by Crippen LogP contribution is 2.24. The van der Waals surface area contributed by atoms with Crippen LogP contribution in [0.1, 0.15) is 12.5 Å². The molecule has 0 amide bonds. The molecule has 0 bridgehead atoms. The van der Waals surface area contributed by atoms with Crippen molar-refractivity contribution in [1.82, 2.24) is 0 Å². The lowest BCUT2D eigenvalue weighted by atomic mass is 10.2. The molecule has 1 aromatic rings. The molecule has 1 unspecified atom stereocenters. The van der Waals surface area contributed by atoms with Crippen LogP contribution in [-0.4, -0.2) is 28.5 Å². The molecule has 0 radical (unpaired) electrons. The van der Waals surface area contributed by atoms with Crippen molar-refractivity contribution in [3.63, 3.8) is 0 Å². The average molecular weight is 240 g/mol. The molecule has 0 aromatic heterocycles. The lowest BCUT2D eigenvalue weighted by molar-refractivity contribution is 0.250. The number of amidine groups is 1. The summed E-state index contributed by atoms with van der Waals surface area (Å²) in [4.78, 5) is 0.957. The summed E-state index contributed by atoms with van der Waals surface area (Å²) in [6.45, 7) is 2.14. The highest BCUT2D eigenvalue weighted by atomic mass is 32.2. The summed E-state index contributed by atoms with van der Waals surface area (Å²) in [5.41, 5.74) is 6.29. The summed E-state index contributed by atoms with van der Waals surface area (Å²) >= 11 is 1.59. The quantitative estimate of drug-likeness (QED) is 0.240. The van der Waals surface area contributed by atoms with Crippen LogP contribution in [0.15, 0.2) is 34.3 Å². The van der Waals surface area contributed by atoms with Crippen molar-refractivity contribution in [2.45, 2.75) is 11.8 Å². The van der Waals surface area contributed by atoms with Gasteiger partial charge in [0.15, 0.2) is 5.84 Å². The summed E-state index contributed by atoms with van der Waals surface area (Å²) in [6.07, 6.45) is 0. The van der Waals surface area contributed by atoms with Crippen LogP contribution in [0.3, 0.4) is 0 Å². The van der Waals surface area contributed by atoms with Gasteiger partial charge in [-0.05, 0) is 12.0 Å². The second-order valence-corrected chi connectivity index (χ2v) is 4.64. The molecule has 0 saturated carbocycles. The van der Waals surface area contributed by atoms with Crippen LogP contribution in [-0.2, 0) is 0 Å². The minimum atomic E-state index is 0.111. The Kier molecular flexibility index (Phi) is 5.14. The number of aliphatic hydroxyl groups is 1. The van der Waals surface area contributed by atoms with Crippen molar-refractivity contribution in [2.75, 3.05) is 12.4 Å². The van der Waals surface area contributed by atoms with Gasteiger partial charge in [-0.15, -0.1) is 11.8 Å². The molecule has 5 heteroatoms. The molecule has 1 aromatic carbocycles. The first-order valence-electron chi connectivity index (χ1n) is 4.99. The van der Waals surface area contributed by atoms with E-state index in [-0.39, 0.29) is 18.4 Å². The van der Waals surface area contributed by atoms with Gasteiger partial charge in [0.1, 0.15) is 0 Å². The van der Waals surface area contributed by atoms with Crippen LogP contribution in [0.5, 0.6) is 0 Å². The summed E-state index contributed by atoms with van der Waals surface area (Å²) in [5.74, 6) is 1.14. The second-order valence-electron chi connectivity index (χ2n) is 3.58. The zero-order valence-electron chi connectivity index (χ0n) is 9.13. The minimum Gasteiger partial charge on any atom is -0.409 e. The van der Waals surface area contributed by atoms with Gasteiger partial charge in [-0.1, -0.05) is 30.3 Å². The Morgan fingerprint density at radius 2 is 2.19 bits per heavy atom. The van der Waals surface area contributed by atoms with E-state index in [1.165, 1.54) is 0 Å². The lowest BCUT2D eigenvalue weighted by Crippen LogP contribution is -2.14. The first-order chi connectivity index (χ1) is 7.69. The molecule has 1 atom stereocenters. The maximum atomic E-state index is 8.94. The van der Waals surface area contributed by atoms with E-state index in [1.54, 1.807) is 17.8 Å². The molecule has 0 aliphatic carbocycles. The number of oxime groups is 1. The zero-order chi connectivity index (χ0) is 12.0. The van der Waals surface area contributed by atoms with Crippen molar-refractivity contribution in [2.24, 2.45) is 16.8 Å². The number of nitrogens with zero attached hydrogens (tertiary/aromatic N) is 1. The number of thioether (sulfide) groups is 1. The van der Waals surface area contributed by atoms with Crippen LogP contribution in [0.4, 0.5) is 0 Å². The predicted molar refractivity (Wildman–Crippen MR) is 65.9 cm³/mol. The van der Waals surface area contributed by atoms with E-state index in [0.29, 0.717) is 0 Å². The molecule has 0 spiro atoms. The fourth-order valence-electron chi connectivity index (χ4n) is 1.14. The van der Waals surface area contributed by atoms with Gasteiger partial charge < -0.3 is 16.0 Å². The second kappa shape index (κ2) is 6.40. The fourth-order valence-corrected chi connectivity index (χ4v) is 2.22. The summed E-state index contributed by atoms with van der Waals surface area (Å²) < 4.78 is 0. The molecule has 1 rings (SSSR count). The molecule has 88 valence electrons. The maximum absolute atomic E-state index is 8.94. The van der Waals surface area contributed by atoms with Gasteiger partial charge in [-0.25, -0.2) is 0 Å². The third-order valence-electron chi connectivity index (χ3n) is 2.11. The van der Waals surface area contributed by atoms with E-state index in [2.05, 4.69) is 5.16 Å². The van der Waals surface area contributed by atoms with E-state index in [4.69, 9.17) is 16.0 Å². The van der Waals surface area contributed by atoms with Crippen molar-refractivity contribution in [3.05, 3.63) is 29.8 Å². The number of benzene rings is 1. The van der Waals surface area contributed by atoms with Crippen molar-refractivity contribution in [1.29, 1.82) is 0 Å². The van der Waals surface area contributed by atoms with Gasteiger partial charge in [-0.2, -0.15) is 0 Å². The Morgan fingerprint density at radius 1 is 1.50 bits per heavy atom. The van der Waals surface area contributed by atoms with E-state index in [9.17, 15) is 0 Å². The van der Waals surface area contributed by atoms with Crippen LogP contribution in [0.25, 0.3) is 0 Å². The van der Waals surface area contributed by atoms with Crippen LogP contribution < -0.4 is 5.73 Å². The molecule has 0 aliphatic rings. The van der Waals surface area contributed by atoms with Crippen LogP contribution in [0.2, 0.25) is 0 Å². The SMILES string of the molecule is CC(CO)CSc1ccccc1C(N)=NO. The highest BCUT2D eigenvalue weighted by Gasteiger charge is 2.08. The summed E-state index contributed by atoms with van der Waals surface area (Å²) in [5, 5.41) is 20.6. The first-order valence-corrected chi connectivity index (χ1v) is 5.98. The highest BCUT2D eigenvalue weighted by molar-refractivity contribution is 7.99. The normalized spacial score (nSPS) is 13.8. The van der Waals surface area contributed by atoms with E-state index in [1.807, 2.05) is 25.1 Å². The summed E-state index contributed by atoms with van der Waals surface area (Å²) in [7, 11) is 0. The number of rotatable bonds is 5. The van der Waals surface area contributed by atoms with Crippen molar-refractivity contribution < 1.29 is 10.3 Å². The van der Waals surface area contributed by atoms with Gasteiger partial charge in [-0.3, -0.25) is 0 Å². The van der Waals surface area contributed by atoms with Gasteiger partial charge in [0.2, 0.25) is 0 Å². The van der Waals surface area contributed by atoms with E-state index < -0.39 is 0 Å². The van der Waals surface area contributed by atoms with Gasteiger partial charge >= 0.3 is 0 Å². The van der Waals surface area contributed by atoms with Crippen molar-refractivity contribution >= 4 is 17.6 Å². The molecule has 0 heterocycles. The Balaban J connectivity index is 2.79. The zero-order valence-corrected chi connectivity index (χ0v) is 9.94. The third kappa shape index (κ3) is 3.43. The Bertz CT molecular complexity index is 369. The fraction of sp³-hybridized carbons (Fsp3) is 0.364. The molecule has 16 heavy (non-hydrogen) atoms. The topological polar surface area (TPSA) is 78.8 Å². The Labute approximate surface area is 99.2 Å². The first kappa shape index (κ1) is 12.9. The molecular weight excluding hydrogens is 224 g/mol. The largest absolute Gasteiger partial charge is 0.409 e.